The zero-order valence-electron chi connectivity index (χ0n) is 17.0. The zero-order chi connectivity index (χ0) is 20.3. The second-order valence-corrected chi connectivity index (χ2v) is 7.69. The molecule has 2 aromatic rings. The number of ether oxygens (including phenoxy) is 1. The Morgan fingerprint density at radius 1 is 1.07 bits per heavy atom. The van der Waals surface area contributed by atoms with Gasteiger partial charge in [-0.25, -0.2) is 0 Å². The highest BCUT2D eigenvalue weighted by atomic mass is 16.5. The molecule has 0 aliphatic heterocycles. The second kappa shape index (κ2) is 8.46. The largest absolute Gasteiger partial charge is 0.483 e. The first-order chi connectivity index (χ1) is 13.3. The lowest BCUT2D eigenvalue weighted by atomic mass is 10.1. The molecule has 1 fully saturated rings. The van der Waals surface area contributed by atoms with Gasteiger partial charge in [-0.3, -0.25) is 9.59 Å². The molecule has 2 aromatic carbocycles. The maximum Gasteiger partial charge on any atom is 0.258 e. The molecule has 5 heteroatoms. The molecule has 1 aliphatic carbocycles. The molecule has 1 saturated carbocycles. The molecule has 28 heavy (non-hydrogen) atoms. The van der Waals surface area contributed by atoms with Crippen LogP contribution >= 0.6 is 0 Å². The van der Waals surface area contributed by atoms with E-state index in [1.54, 1.807) is 0 Å². The summed E-state index contributed by atoms with van der Waals surface area (Å²) >= 11 is 0. The van der Waals surface area contributed by atoms with E-state index in [9.17, 15) is 9.59 Å². The van der Waals surface area contributed by atoms with E-state index in [4.69, 9.17) is 4.74 Å². The van der Waals surface area contributed by atoms with Gasteiger partial charge < -0.3 is 15.4 Å². The first kappa shape index (κ1) is 19.9. The fourth-order valence-corrected chi connectivity index (χ4v) is 3.34. The van der Waals surface area contributed by atoms with Crippen LogP contribution in [-0.2, 0) is 9.59 Å². The van der Waals surface area contributed by atoms with Gasteiger partial charge in [-0.1, -0.05) is 29.8 Å². The van der Waals surface area contributed by atoms with E-state index in [1.807, 2.05) is 64.1 Å². The number of carbonyl (C=O) groups excluding carboxylic acids is 2. The van der Waals surface area contributed by atoms with Crippen LogP contribution in [0.3, 0.4) is 0 Å². The number of benzene rings is 2. The Labute approximate surface area is 166 Å². The van der Waals surface area contributed by atoms with Crippen LogP contribution in [0.25, 0.3) is 0 Å². The number of amides is 2. The van der Waals surface area contributed by atoms with E-state index >= 15 is 0 Å². The number of hydrogen-bond donors (Lipinski definition) is 2. The van der Waals surface area contributed by atoms with E-state index in [0.29, 0.717) is 0 Å². The monoisotopic (exact) mass is 380 g/mol. The van der Waals surface area contributed by atoms with Crippen molar-refractivity contribution in [2.24, 2.45) is 5.92 Å². The molecule has 0 spiro atoms. The van der Waals surface area contributed by atoms with Crippen LogP contribution in [0, 0.1) is 26.7 Å². The van der Waals surface area contributed by atoms with Crippen LogP contribution in [0.4, 0.5) is 5.69 Å². The summed E-state index contributed by atoms with van der Waals surface area (Å²) in [5, 5.41) is 5.87. The van der Waals surface area contributed by atoms with Crippen LogP contribution < -0.4 is 15.4 Å². The van der Waals surface area contributed by atoms with Gasteiger partial charge in [0.25, 0.3) is 5.91 Å². The van der Waals surface area contributed by atoms with Gasteiger partial charge in [-0.15, -0.1) is 0 Å². The van der Waals surface area contributed by atoms with Crippen molar-refractivity contribution in [3.05, 3.63) is 58.7 Å². The predicted octanol–water partition coefficient (Wildman–Crippen LogP) is 4.22. The average molecular weight is 380 g/mol. The Morgan fingerprint density at radius 2 is 1.68 bits per heavy atom. The molecule has 5 nitrogen and oxygen atoms in total. The number of rotatable bonds is 7. The van der Waals surface area contributed by atoms with E-state index in [0.717, 1.165) is 41.0 Å². The van der Waals surface area contributed by atoms with Crippen molar-refractivity contribution >= 4 is 17.5 Å². The van der Waals surface area contributed by atoms with Gasteiger partial charge in [-0.05, 0) is 69.4 Å². The smallest absolute Gasteiger partial charge is 0.258 e. The summed E-state index contributed by atoms with van der Waals surface area (Å²) in [6.45, 7) is 7.92. The molecule has 2 amide bonds. The highest BCUT2D eigenvalue weighted by Crippen LogP contribution is 2.30. The molecule has 1 atom stereocenters. The molecule has 1 aliphatic rings. The SMILES string of the molecule is Cc1cc(C)c(OCC(=O)N[C@@H](C)c2ccc(NC(=O)C3CC3)cc2)c(C)c1. The Morgan fingerprint density at radius 3 is 2.25 bits per heavy atom. The maximum absolute atomic E-state index is 12.3. The number of nitrogens with one attached hydrogen (secondary N) is 2. The molecule has 3 rings (SSSR count). The Hall–Kier alpha value is -2.82. The van der Waals surface area contributed by atoms with E-state index in [-0.39, 0.29) is 30.4 Å². The maximum atomic E-state index is 12.3. The van der Waals surface area contributed by atoms with Gasteiger partial charge in [0.1, 0.15) is 5.75 Å². The normalized spacial score (nSPS) is 14.3. The molecule has 0 saturated heterocycles. The molecule has 0 radical (unpaired) electrons. The molecular formula is C23H28N2O3. The molecule has 0 unspecified atom stereocenters. The number of carbonyl (C=O) groups is 2. The minimum absolute atomic E-state index is 0.0232. The summed E-state index contributed by atoms with van der Waals surface area (Å²) in [6.07, 6.45) is 1.97. The summed E-state index contributed by atoms with van der Waals surface area (Å²) < 4.78 is 5.75. The summed E-state index contributed by atoms with van der Waals surface area (Å²) in [5.41, 5.74) is 5.00. The van der Waals surface area contributed by atoms with Gasteiger partial charge in [0, 0.05) is 11.6 Å². The van der Waals surface area contributed by atoms with Gasteiger partial charge >= 0.3 is 0 Å². The topological polar surface area (TPSA) is 67.4 Å². The van der Waals surface area contributed by atoms with Crippen molar-refractivity contribution < 1.29 is 14.3 Å². The first-order valence-corrected chi connectivity index (χ1v) is 9.74. The Balaban J connectivity index is 1.51. The van der Waals surface area contributed by atoms with Gasteiger partial charge in [0.2, 0.25) is 5.91 Å². The Kier molecular flexibility index (Phi) is 6.02. The lowest BCUT2D eigenvalue weighted by Gasteiger charge is -2.17. The van der Waals surface area contributed by atoms with Crippen LogP contribution in [0.5, 0.6) is 5.75 Å². The van der Waals surface area contributed by atoms with E-state index in [1.165, 1.54) is 5.56 Å². The number of hydrogen-bond acceptors (Lipinski definition) is 3. The summed E-state index contributed by atoms with van der Waals surface area (Å²) in [7, 11) is 0. The number of aryl methyl sites for hydroxylation is 3. The van der Waals surface area contributed by atoms with Crippen molar-refractivity contribution in [1.82, 2.24) is 5.32 Å². The molecule has 0 heterocycles. The van der Waals surface area contributed by atoms with Crippen LogP contribution in [-0.4, -0.2) is 18.4 Å². The second-order valence-electron chi connectivity index (χ2n) is 7.69. The Bertz CT molecular complexity index is 847. The third kappa shape index (κ3) is 5.12. The quantitative estimate of drug-likeness (QED) is 0.756. The van der Waals surface area contributed by atoms with Crippen molar-refractivity contribution in [1.29, 1.82) is 0 Å². The van der Waals surface area contributed by atoms with Crippen molar-refractivity contribution in [3.63, 3.8) is 0 Å². The zero-order valence-corrected chi connectivity index (χ0v) is 17.0. The molecule has 0 aromatic heterocycles. The fraction of sp³-hybridized carbons (Fsp3) is 0.391. The third-order valence-electron chi connectivity index (χ3n) is 4.96. The van der Waals surface area contributed by atoms with Gasteiger partial charge in [0.15, 0.2) is 6.61 Å². The highest BCUT2D eigenvalue weighted by Gasteiger charge is 2.29. The molecular weight excluding hydrogens is 352 g/mol. The number of anilines is 1. The minimum Gasteiger partial charge on any atom is -0.483 e. The van der Waals surface area contributed by atoms with Crippen LogP contribution in [0.2, 0.25) is 0 Å². The van der Waals surface area contributed by atoms with Crippen molar-refractivity contribution in [2.45, 2.75) is 46.6 Å². The summed E-state index contributed by atoms with van der Waals surface area (Å²) in [6, 6.07) is 11.5. The van der Waals surface area contributed by atoms with Crippen LogP contribution in [0.1, 0.15) is 48.1 Å². The van der Waals surface area contributed by atoms with Gasteiger partial charge in [0.05, 0.1) is 6.04 Å². The predicted molar refractivity (Wildman–Crippen MR) is 111 cm³/mol. The average Bonchev–Trinajstić information content (AvgIpc) is 3.46. The third-order valence-corrected chi connectivity index (χ3v) is 4.96. The summed E-state index contributed by atoms with van der Waals surface area (Å²) in [4.78, 5) is 24.1. The standard InChI is InChI=1S/C23H28N2O3/c1-14-11-15(2)22(16(3)12-14)28-13-21(26)24-17(4)18-7-9-20(10-8-18)25-23(27)19-5-6-19/h7-12,17,19H,5-6,13H2,1-4H3,(H,24,26)(H,25,27)/t17-/m0/s1. The highest BCUT2D eigenvalue weighted by molar-refractivity contribution is 5.94. The fourth-order valence-electron chi connectivity index (χ4n) is 3.34. The van der Waals surface area contributed by atoms with E-state index in [2.05, 4.69) is 10.6 Å². The van der Waals surface area contributed by atoms with E-state index < -0.39 is 0 Å². The summed E-state index contributed by atoms with van der Waals surface area (Å²) in [5.74, 6) is 0.869. The van der Waals surface area contributed by atoms with Crippen molar-refractivity contribution in [3.8, 4) is 5.75 Å². The molecule has 2 N–H and O–H groups in total. The molecule has 148 valence electrons. The van der Waals surface area contributed by atoms with Crippen molar-refractivity contribution in [2.75, 3.05) is 11.9 Å². The van der Waals surface area contributed by atoms with Crippen LogP contribution in [0.15, 0.2) is 36.4 Å². The molecule has 0 bridgehead atoms. The van der Waals surface area contributed by atoms with Gasteiger partial charge in [-0.2, -0.15) is 0 Å². The lowest BCUT2D eigenvalue weighted by molar-refractivity contribution is -0.123. The minimum atomic E-state index is -0.169. The lowest BCUT2D eigenvalue weighted by Crippen LogP contribution is -2.31. The first-order valence-electron chi connectivity index (χ1n) is 9.74.